The number of amides is 2. The minimum absolute atomic E-state index is 0.0646. The highest BCUT2D eigenvalue weighted by Gasteiger charge is 2.33. The summed E-state index contributed by atoms with van der Waals surface area (Å²) in [7, 11) is 0. The molecular weight excluding hydrogens is 511 g/mol. The minimum atomic E-state index is -4.64. The predicted octanol–water partition coefficient (Wildman–Crippen LogP) is 7.74. The van der Waals surface area contributed by atoms with Crippen molar-refractivity contribution in [2.75, 3.05) is 10.6 Å². The van der Waals surface area contributed by atoms with Gasteiger partial charge in [-0.15, -0.1) is 0 Å². The Morgan fingerprint density at radius 2 is 1.72 bits per heavy atom. The average Bonchev–Trinajstić information content (AvgIpc) is 2.71. The number of anilines is 2. The van der Waals surface area contributed by atoms with E-state index in [1.54, 1.807) is 36.4 Å². The number of urea groups is 1. The summed E-state index contributed by atoms with van der Waals surface area (Å²) >= 11 is 8.88. The number of benzene rings is 3. The summed E-state index contributed by atoms with van der Waals surface area (Å²) in [6.45, 7) is 1.81. The lowest BCUT2D eigenvalue weighted by atomic mass is 10.2. The van der Waals surface area contributed by atoms with Crippen LogP contribution in [0.3, 0.4) is 0 Å². The van der Waals surface area contributed by atoms with Crippen molar-refractivity contribution in [3.05, 3.63) is 80.8 Å². The van der Waals surface area contributed by atoms with Crippen LogP contribution in [0.5, 0.6) is 11.5 Å². The van der Waals surface area contributed by atoms with E-state index in [-0.39, 0.29) is 5.69 Å². The van der Waals surface area contributed by atoms with Crippen LogP contribution in [0.25, 0.3) is 0 Å². The first-order valence-corrected chi connectivity index (χ1v) is 10.2. The fourth-order valence-corrected chi connectivity index (χ4v) is 3.35. The number of hydrogen-bond donors (Lipinski definition) is 2. The number of alkyl halides is 3. The number of nitrogens with zero attached hydrogens (tertiary/aromatic N) is 1. The van der Waals surface area contributed by atoms with Gasteiger partial charge in [0.15, 0.2) is 0 Å². The van der Waals surface area contributed by atoms with Gasteiger partial charge in [-0.2, -0.15) is 18.4 Å². The Labute approximate surface area is 194 Å². The molecular formula is C22H14BrClF3N3O2. The highest BCUT2D eigenvalue weighted by atomic mass is 79.9. The molecule has 164 valence electrons. The third-order valence-electron chi connectivity index (χ3n) is 4.26. The summed E-state index contributed by atoms with van der Waals surface area (Å²) in [5.74, 6) is 0.923. The second-order valence-electron chi connectivity index (χ2n) is 6.61. The van der Waals surface area contributed by atoms with Gasteiger partial charge < -0.3 is 15.4 Å². The number of nitrogens with one attached hydrogen (secondary N) is 2. The van der Waals surface area contributed by atoms with Crippen molar-refractivity contribution < 1.29 is 22.7 Å². The smallest absolute Gasteiger partial charge is 0.417 e. The summed E-state index contributed by atoms with van der Waals surface area (Å²) in [4.78, 5) is 12.3. The van der Waals surface area contributed by atoms with E-state index >= 15 is 0 Å². The lowest BCUT2D eigenvalue weighted by Gasteiger charge is -2.14. The molecule has 10 heteroatoms. The molecule has 3 aromatic rings. The zero-order valence-electron chi connectivity index (χ0n) is 16.3. The van der Waals surface area contributed by atoms with Gasteiger partial charge in [-0.3, -0.25) is 0 Å². The molecule has 0 atom stereocenters. The molecule has 0 fully saturated rings. The second kappa shape index (κ2) is 9.51. The van der Waals surface area contributed by atoms with Crippen molar-refractivity contribution in [1.29, 1.82) is 5.26 Å². The maximum atomic E-state index is 13.0. The molecule has 5 nitrogen and oxygen atoms in total. The van der Waals surface area contributed by atoms with Crippen LogP contribution in [0, 0.1) is 18.3 Å². The van der Waals surface area contributed by atoms with Crippen LogP contribution in [0.2, 0.25) is 5.02 Å². The quantitative estimate of drug-likeness (QED) is 0.367. The summed E-state index contributed by atoms with van der Waals surface area (Å²) in [5.41, 5.74) is 0.489. The van der Waals surface area contributed by atoms with E-state index in [1.807, 2.05) is 13.0 Å². The van der Waals surface area contributed by atoms with E-state index in [0.29, 0.717) is 27.2 Å². The van der Waals surface area contributed by atoms with Crippen molar-refractivity contribution in [3.8, 4) is 17.6 Å². The first-order valence-electron chi connectivity index (χ1n) is 8.99. The largest absolute Gasteiger partial charge is 0.457 e. The molecule has 0 aromatic heterocycles. The van der Waals surface area contributed by atoms with Crippen LogP contribution >= 0.6 is 27.5 Å². The van der Waals surface area contributed by atoms with Crippen LogP contribution in [0.4, 0.5) is 29.3 Å². The van der Waals surface area contributed by atoms with Crippen LogP contribution < -0.4 is 15.4 Å². The molecule has 3 aromatic carbocycles. The maximum Gasteiger partial charge on any atom is 0.417 e. The topological polar surface area (TPSA) is 74.2 Å². The zero-order valence-corrected chi connectivity index (χ0v) is 18.7. The van der Waals surface area contributed by atoms with Gasteiger partial charge in [0.2, 0.25) is 0 Å². The van der Waals surface area contributed by atoms with E-state index < -0.39 is 22.8 Å². The monoisotopic (exact) mass is 523 g/mol. The van der Waals surface area contributed by atoms with Gasteiger partial charge in [-0.25, -0.2) is 4.79 Å². The molecule has 0 saturated heterocycles. The number of carbonyl (C=O) groups is 1. The Bertz CT molecular complexity index is 1230. The van der Waals surface area contributed by atoms with Gasteiger partial charge >= 0.3 is 12.2 Å². The van der Waals surface area contributed by atoms with Gasteiger partial charge in [0.25, 0.3) is 0 Å². The first kappa shape index (κ1) is 23.4. The molecule has 0 radical (unpaired) electrons. The predicted molar refractivity (Wildman–Crippen MR) is 119 cm³/mol. The Balaban J connectivity index is 1.74. The highest BCUT2D eigenvalue weighted by molar-refractivity contribution is 9.10. The molecule has 0 aliphatic carbocycles. The van der Waals surface area contributed by atoms with Crippen molar-refractivity contribution >= 4 is 44.9 Å². The molecule has 0 saturated carbocycles. The number of nitriles is 1. The van der Waals surface area contributed by atoms with E-state index in [4.69, 9.17) is 21.6 Å². The Morgan fingerprint density at radius 1 is 1.06 bits per heavy atom. The molecule has 2 N–H and O–H groups in total. The lowest BCUT2D eigenvalue weighted by molar-refractivity contribution is -0.137. The molecule has 0 unspecified atom stereocenters. The number of carbonyl (C=O) groups excluding carboxylic acids is 1. The fraction of sp³-hybridized carbons (Fsp3) is 0.0909. The maximum absolute atomic E-state index is 13.0. The summed E-state index contributed by atoms with van der Waals surface area (Å²) in [6, 6.07) is 14.2. The van der Waals surface area contributed by atoms with Crippen LogP contribution in [-0.4, -0.2) is 6.03 Å². The number of aryl methyl sites for hydroxylation is 1. The Hall–Kier alpha value is -3.22. The third kappa shape index (κ3) is 5.72. The normalized spacial score (nSPS) is 10.9. The summed E-state index contributed by atoms with van der Waals surface area (Å²) < 4.78 is 45.4. The van der Waals surface area contributed by atoms with Crippen molar-refractivity contribution in [2.24, 2.45) is 0 Å². The summed E-state index contributed by atoms with van der Waals surface area (Å²) in [6.07, 6.45) is -4.64. The van der Waals surface area contributed by atoms with Gasteiger partial charge in [0.05, 0.1) is 16.1 Å². The van der Waals surface area contributed by atoms with Crippen LogP contribution in [0.15, 0.2) is 59.1 Å². The van der Waals surface area contributed by atoms with Gasteiger partial charge in [-0.1, -0.05) is 17.7 Å². The average molecular weight is 525 g/mol. The second-order valence-corrected chi connectivity index (χ2v) is 7.87. The van der Waals surface area contributed by atoms with E-state index in [2.05, 4.69) is 26.6 Å². The summed E-state index contributed by atoms with van der Waals surface area (Å²) in [5, 5.41) is 13.4. The van der Waals surface area contributed by atoms with Gasteiger partial charge in [0.1, 0.15) is 17.6 Å². The van der Waals surface area contributed by atoms with E-state index in [0.717, 1.165) is 17.7 Å². The minimum Gasteiger partial charge on any atom is -0.457 e. The molecule has 0 bridgehead atoms. The standard InChI is InChI=1S/C22H14BrClF3N3O2/c1-12-2-4-15(9-20(12)32-16-6-3-13(11-28)18(23)10-16)30-21(31)29-14-5-7-19(24)17(8-14)22(25,26)27/h2-10H,1H3,(H2,29,30,31). The Morgan fingerprint density at radius 3 is 2.34 bits per heavy atom. The lowest BCUT2D eigenvalue weighted by Crippen LogP contribution is -2.20. The molecule has 0 aliphatic heterocycles. The number of rotatable bonds is 4. The molecule has 0 spiro atoms. The first-order chi connectivity index (χ1) is 15.1. The van der Waals surface area contributed by atoms with E-state index in [9.17, 15) is 18.0 Å². The van der Waals surface area contributed by atoms with E-state index in [1.165, 1.54) is 6.07 Å². The Kier molecular flexibility index (Phi) is 6.96. The van der Waals surface area contributed by atoms with Gasteiger partial charge in [-0.05, 0) is 70.9 Å². The molecule has 0 heterocycles. The highest BCUT2D eigenvalue weighted by Crippen LogP contribution is 2.36. The SMILES string of the molecule is Cc1ccc(NC(=O)Nc2ccc(Cl)c(C(F)(F)F)c2)cc1Oc1ccc(C#N)c(Br)c1. The number of halogens is 5. The van der Waals surface area contributed by atoms with Crippen molar-refractivity contribution in [3.63, 3.8) is 0 Å². The fourth-order valence-electron chi connectivity index (χ4n) is 2.68. The molecule has 3 rings (SSSR count). The number of hydrogen-bond acceptors (Lipinski definition) is 3. The molecule has 2 amide bonds. The van der Waals surface area contributed by atoms with Crippen LogP contribution in [-0.2, 0) is 6.18 Å². The zero-order chi connectivity index (χ0) is 23.5. The number of ether oxygens (including phenoxy) is 1. The molecule has 0 aliphatic rings. The van der Waals surface area contributed by atoms with Gasteiger partial charge in [0, 0.05) is 21.9 Å². The third-order valence-corrected chi connectivity index (χ3v) is 5.25. The van der Waals surface area contributed by atoms with Crippen LogP contribution in [0.1, 0.15) is 16.7 Å². The molecule has 32 heavy (non-hydrogen) atoms. The van der Waals surface area contributed by atoms with Crippen molar-refractivity contribution in [1.82, 2.24) is 0 Å². The van der Waals surface area contributed by atoms with Crippen molar-refractivity contribution in [2.45, 2.75) is 13.1 Å².